The van der Waals surface area contributed by atoms with E-state index in [9.17, 15) is 4.79 Å². The van der Waals surface area contributed by atoms with Crippen LogP contribution in [-0.2, 0) is 5.54 Å². The molecule has 0 bridgehead atoms. The summed E-state index contributed by atoms with van der Waals surface area (Å²) in [6, 6.07) is 0.367. The summed E-state index contributed by atoms with van der Waals surface area (Å²) in [5.74, 6) is 0.489. The fourth-order valence-electron chi connectivity index (χ4n) is 2.59. The number of rotatable bonds is 3. The summed E-state index contributed by atoms with van der Waals surface area (Å²) >= 11 is 1.88. The lowest BCUT2D eigenvalue weighted by Gasteiger charge is -2.24. The molecule has 0 saturated heterocycles. The number of nitrogens with one attached hydrogen (secondary N) is 1. The zero-order valence-corrected chi connectivity index (χ0v) is 13.0. The van der Waals surface area contributed by atoms with Crippen molar-refractivity contribution < 1.29 is 0 Å². The SMILES string of the molecule is CSC1CCCC1Nc1nccn(C(C)(C)C)c1=O. The first-order valence-electron chi connectivity index (χ1n) is 6.81. The van der Waals surface area contributed by atoms with Crippen LogP contribution in [0.3, 0.4) is 0 Å². The molecule has 1 fully saturated rings. The third kappa shape index (κ3) is 3.14. The van der Waals surface area contributed by atoms with Crippen molar-refractivity contribution in [1.82, 2.24) is 9.55 Å². The fraction of sp³-hybridized carbons (Fsp3) is 0.714. The lowest BCUT2D eigenvalue weighted by molar-refractivity contribution is 0.383. The van der Waals surface area contributed by atoms with E-state index >= 15 is 0 Å². The van der Waals surface area contributed by atoms with Crippen molar-refractivity contribution in [1.29, 1.82) is 0 Å². The van der Waals surface area contributed by atoms with E-state index < -0.39 is 0 Å². The second kappa shape index (κ2) is 5.57. The second-order valence-corrected chi connectivity index (χ2v) is 7.15. The Labute approximate surface area is 119 Å². The normalized spacial score (nSPS) is 23.6. The first-order valence-corrected chi connectivity index (χ1v) is 8.10. The summed E-state index contributed by atoms with van der Waals surface area (Å²) in [6.07, 6.45) is 9.17. The first-order chi connectivity index (χ1) is 8.93. The third-order valence-electron chi connectivity index (χ3n) is 3.64. The zero-order valence-electron chi connectivity index (χ0n) is 12.1. The van der Waals surface area contributed by atoms with E-state index in [4.69, 9.17) is 0 Å². The molecule has 0 radical (unpaired) electrons. The summed E-state index contributed by atoms with van der Waals surface area (Å²) in [7, 11) is 0. The molecular weight excluding hydrogens is 258 g/mol. The van der Waals surface area contributed by atoms with Gasteiger partial charge in [-0.1, -0.05) is 6.42 Å². The highest BCUT2D eigenvalue weighted by Gasteiger charge is 2.27. The van der Waals surface area contributed by atoms with Gasteiger partial charge in [0.15, 0.2) is 5.82 Å². The lowest BCUT2D eigenvalue weighted by Crippen LogP contribution is -2.37. The largest absolute Gasteiger partial charge is 0.362 e. The third-order valence-corrected chi connectivity index (χ3v) is 4.81. The molecule has 1 N–H and O–H groups in total. The van der Waals surface area contributed by atoms with Crippen LogP contribution < -0.4 is 10.9 Å². The molecule has 1 heterocycles. The Morgan fingerprint density at radius 3 is 2.79 bits per heavy atom. The van der Waals surface area contributed by atoms with E-state index in [0.717, 1.165) is 6.42 Å². The highest BCUT2D eigenvalue weighted by molar-refractivity contribution is 7.99. The molecule has 0 aromatic carbocycles. The molecule has 5 heteroatoms. The van der Waals surface area contributed by atoms with Crippen molar-refractivity contribution in [2.45, 2.75) is 56.9 Å². The van der Waals surface area contributed by atoms with Gasteiger partial charge in [0.1, 0.15) is 0 Å². The van der Waals surface area contributed by atoms with Gasteiger partial charge in [0, 0.05) is 29.2 Å². The summed E-state index contributed by atoms with van der Waals surface area (Å²) in [4.78, 5) is 16.7. The maximum Gasteiger partial charge on any atom is 0.293 e. The topological polar surface area (TPSA) is 46.9 Å². The molecule has 106 valence electrons. The van der Waals surface area contributed by atoms with Crippen LogP contribution in [0.2, 0.25) is 0 Å². The number of aromatic nitrogens is 2. The zero-order chi connectivity index (χ0) is 14.0. The van der Waals surface area contributed by atoms with Crippen LogP contribution in [0.5, 0.6) is 0 Å². The van der Waals surface area contributed by atoms with Gasteiger partial charge in [0.05, 0.1) is 0 Å². The van der Waals surface area contributed by atoms with E-state index in [-0.39, 0.29) is 11.1 Å². The smallest absolute Gasteiger partial charge is 0.293 e. The molecule has 0 spiro atoms. The second-order valence-electron chi connectivity index (χ2n) is 6.08. The quantitative estimate of drug-likeness (QED) is 0.925. The maximum atomic E-state index is 12.4. The Bertz CT molecular complexity index is 492. The molecule has 1 aromatic rings. The highest BCUT2D eigenvalue weighted by Crippen LogP contribution is 2.29. The van der Waals surface area contributed by atoms with E-state index in [1.54, 1.807) is 17.0 Å². The van der Waals surface area contributed by atoms with Crippen LogP contribution in [0, 0.1) is 0 Å². The molecule has 19 heavy (non-hydrogen) atoms. The van der Waals surface area contributed by atoms with Crippen LogP contribution >= 0.6 is 11.8 Å². The van der Waals surface area contributed by atoms with Crippen LogP contribution in [0.4, 0.5) is 5.82 Å². The first kappa shape index (κ1) is 14.4. The summed E-state index contributed by atoms with van der Waals surface area (Å²) in [5.41, 5.74) is -0.243. The molecule has 1 aliphatic rings. The molecule has 0 amide bonds. The van der Waals surface area contributed by atoms with E-state index in [1.807, 2.05) is 32.5 Å². The van der Waals surface area contributed by atoms with Gasteiger partial charge >= 0.3 is 0 Å². The van der Waals surface area contributed by atoms with Crippen molar-refractivity contribution in [2.24, 2.45) is 0 Å². The van der Waals surface area contributed by atoms with Crippen molar-refractivity contribution in [3.8, 4) is 0 Å². The minimum atomic E-state index is -0.217. The number of hydrogen-bond donors (Lipinski definition) is 1. The Kier molecular flexibility index (Phi) is 4.23. The van der Waals surface area contributed by atoms with Crippen molar-refractivity contribution in [3.63, 3.8) is 0 Å². The number of nitrogens with zero attached hydrogens (tertiary/aromatic N) is 2. The van der Waals surface area contributed by atoms with Crippen molar-refractivity contribution >= 4 is 17.6 Å². The van der Waals surface area contributed by atoms with Gasteiger partial charge in [0.2, 0.25) is 0 Å². The molecule has 1 aliphatic carbocycles. The predicted molar refractivity (Wildman–Crippen MR) is 82.1 cm³/mol. The van der Waals surface area contributed by atoms with Gasteiger partial charge in [-0.15, -0.1) is 0 Å². The van der Waals surface area contributed by atoms with Gasteiger partial charge in [-0.05, 0) is 39.9 Å². The monoisotopic (exact) mass is 281 g/mol. The Morgan fingerprint density at radius 1 is 1.42 bits per heavy atom. The van der Waals surface area contributed by atoms with E-state index in [1.165, 1.54) is 12.8 Å². The number of anilines is 1. The van der Waals surface area contributed by atoms with Crippen molar-refractivity contribution in [2.75, 3.05) is 11.6 Å². The predicted octanol–water partition coefficient (Wildman–Crippen LogP) is 2.69. The maximum absolute atomic E-state index is 12.4. The molecule has 2 unspecified atom stereocenters. The lowest BCUT2D eigenvalue weighted by atomic mass is 10.1. The molecule has 4 nitrogen and oxygen atoms in total. The number of thioether (sulfide) groups is 1. The Hall–Kier alpha value is -0.970. The summed E-state index contributed by atoms with van der Waals surface area (Å²) in [5, 5.41) is 3.94. The molecule has 2 rings (SSSR count). The van der Waals surface area contributed by atoms with Gasteiger partial charge in [0.25, 0.3) is 5.56 Å². The van der Waals surface area contributed by atoms with Crippen LogP contribution in [-0.4, -0.2) is 27.1 Å². The van der Waals surface area contributed by atoms with E-state index in [0.29, 0.717) is 17.1 Å². The molecule has 2 atom stereocenters. The van der Waals surface area contributed by atoms with E-state index in [2.05, 4.69) is 16.6 Å². The highest BCUT2D eigenvalue weighted by atomic mass is 32.2. The molecule has 1 saturated carbocycles. The summed E-state index contributed by atoms with van der Waals surface area (Å²) < 4.78 is 1.74. The number of hydrogen-bond acceptors (Lipinski definition) is 4. The summed E-state index contributed by atoms with van der Waals surface area (Å²) in [6.45, 7) is 6.08. The van der Waals surface area contributed by atoms with Crippen LogP contribution in [0.15, 0.2) is 17.2 Å². The van der Waals surface area contributed by atoms with Gasteiger partial charge in [-0.2, -0.15) is 11.8 Å². The Balaban J connectivity index is 2.24. The van der Waals surface area contributed by atoms with Gasteiger partial charge in [-0.3, -0.25) is 4.79 Å². The van der Waals surface area contributed by atoms with Crippen LogP contribution in [0.1, 0.15) is 40.0 Å². The Morgan fingerprint density at radius 2 is 2.16 bits per heavy atom. The average molecular weight is 281 g/mol. The van der Waals surface area contributed by atoms with Gasteiger partial charge in [-0.25, -0.2) is 4.98 Å². The standard InChI is InChI=1S/C14H23N3OS/c1-14(2,3)17-9-8-15-12(13(17)18)16-10-6-5-7-11(10)19-4/h8-11H,5-7H2,1-4H3,(H,15,16). The minimum absolute atomic E-state index is 0.0262. The molecule has 0 aliphatic heterocycles. The molecule has 1 aromatic heterocycles. The van der Waals surface area contributed by atoms with Crippen LogP contribution in [0.25, 0.3) is 0 Å². The molecular formula is C14H23N3OS. The van der Waals surface area contributed by atoms with Crippen molar-refractivity contribution in [3.05, 3.63) is 22.7 Å². The van der Waals surface area contributed by atoms with Gasteiger partial charge < -0.3 is 9.88 Å². The average Bonchev–Trinajstić information content (AvgIpc) is 2.77. The minimum Gasteiger partial charge on any atom is -0.362 e. The fourth-order valence-corrected chi connectivity index (χ4v) is 3.52.